The van der Waals surface area contributed by atoms with Gasteiger partial charge in [0, 0.05) is 60.7 Å². The zero-order valence-electron chi connectivity index (χ0n) is 24.1. The van der Waals surface area contributed by atoms with Crippen molar-refractivity contribution >= 4 is 18.5 Å². The van der Waals surface area contributed by atoms with Crippen molar-refractivity contribution in [1.29, 1.82) is 0 Å². The first-order chi connectivity index (χ1) is 19.7. The average Bonchev–Trinajstić information content (AvgIpc) is 3.78. The number of rotatable bonds is 6. The van der Waals surface area contributed by atoms with Crippen LogP contribution in [0.4, 0.5) is 0 Å². The van der Waals surface area contributed by atoms with Gasteiger partial charge in [-0.3, -0.25) is 4.68 Å². The van der Waals surface area contributed by atoms with E-state index in [4.69, 9.17) is 5.10 Å². The predicted octanol–water partition coefficient (Wildman–Crippen LogP) is 7.79. The molecule has 6 saturated carbocycles. The molecule has 6 aliphatic carbocycles. The Labute approximate surface area is 280 Å². The Bertz CT molecular complexity index is 1160. The van der Waals surface area contributed by atoms with Crippen LogP contribution in [0.5, 0.6) is 0 Å². The van der Waals surface area contributed by atoms with E-state index in [1.807, 2.05) is 32.1 Å². The fraction of sp³-hybridized carbons (Fsp3) is 0.324. The van der Waals surface area contributed by atoms with E-state index in [9.17, 15) is 0 Å². The van der Waals surface area contributed by atoms with Crippen molar-refractivity contribution < 1.29 is 37.5 Å². The second kappa shape index (κ2) is 14.6. The van der Waals surface area contributed by atoms with Gasteiger partial charge in [-0.25, -0.2) is 0 Å². The molecule has 0 saturated heterocycles. The Hall–Kier alpha value is -0.738. The average molecular weight is 705 g/mol. The van der Waals surface area contributed by atoms with Gasteiger partial charge in [0.15, 0.2) is 0 Å². The van der Waals surface area contributed by atoms with Crippen molar-refractivity contribution in [3.63, 3.8) is 0 Å². The fourth-order valence-corrected chi connectivity index (χ4v) is 10.8. The smallest absolute Gasteiger partial charge is 0.0686 e. The molecule has 6 aliphatic rings. The van der Waals surface area contributed by atoms with Gasteiger partial charge in [0.25, 0.3) is 0 Å². The van der Waals surface area contributed by atoms with Gasteiger partial charge >= 0.3 is 0 Å². The first-order valence-corrected chi connectivity index (χ1v) is 16.4. The van der Waals surface area contributed by atoms with Crippen molar-refractivity contribution in [3.05, 3.63) is 142 Å². The Kier molecular flexibility index (Phi) is 11.3. The van der Waals surface area contributed by atoms with Crippen LogP contribution in [0.15, 0.2) is 72.9 Å². The summed E-state index contributed by atoms with van der Waals surface area (Å²) in [5, 5.41) is 8.14. The van der Waals surface area contributed by atoms with Gasteiger partial charge in [0.05, 0.1) is 11.7 Å². The van der Waals surface area contributed by atoms with Crippen LogP contribution in [-0.2, 0) is 42.9 Å². The van der Waals surface area contributed by atoms with Gasteiger partial charge in [0.1, 0.15) is 0 Å². The minimum Gasteiger partial charge on any atom is -0.269 e. The van der Waals surface area contributed by atoms with Gasteiger partial charge < -0.3 is 0 Å². The summed E-state index contributed by atoms with van der Waals surface area (Å²) < 4.78 is 2.26. The van der Waals surface area contributed by atoms with E-state index in [1.165, 1.54) is 66.4 Å². The molecule has 3 aromatic rings. The standard InChI is InChI=1S/C32H34N2P.C5H5.Fe.Pd/c1-23(34-16-15-31(33-34)32-20-24-17-25(21-32)19-26(18-24)22-32)29-13-8-14-30(29)35(27-9-4-2-5-10-27)28-11-6-3-7-12-28;1-2-4-5-3-1;;/h2-16,23-26H,17-22H2,1H3;1-5H;;/t23-,24?,25?,26?,32?;;;/m1.../s1. The van der Waals surface area contributed by atoms with Gasteiger partial charge in [0.2, 0.25) is 0 Å². The molecule has 2 aromatic carbocycles. The normalized spacial score (nSPS) is 29.0. The molecule has 9 rings (SSSR count). The molecule has 1 aromatic heterocycles. The number of nitrogens with zero attached hydrogens (tertiary/aromatic N) is 2. The predicted molar refractivity (Wildman–Crippen MR) is 167 cm³/mol. The molecule has 1 atom stereocenters. The number of hydrogen-bond acceptors (Lipinski definition) is 1. The number of hydrogen-bond donors (Lipinski definition) is 0. The summed E-state index contributed by atoms with van der Waals surface area (Å²) in [4.78, 5) is 0. The maximum atomic E-state index is 5.33. The van der Waals surface area contributed by atoms with Crippen LogP contribution in [0.25, 0.3) is 0 Å². The molecule has 0 spiro atoms. The molecule has 10 radical (unpaired) electrons. The summed E-state index contributed by atoms with van der Waals surface area (Å²) in [6.07, 6.45) is 27.8. The summed E-state index contributed by atoms with van der Waals surface area (Å²) in [6, 6.07) is 24.7. The molecule has 5 heteroatoms. The van der Waals surface area contributed by atoms with E-state index >= 15 is 0 Å². The van der Waals surface area contributed by atoms with E-state index < -0.39 is 7.92 Å². The molecule has 0 unspecified atom stereocenters. The summed E-state index contributed by atoms with van der Waals surface area (Å²) in [6.45, 7) is 2.33. The maximum absolute atomic E-state index is 5.33. The van der Waals surface area contributed by atoms with E-state index in [1.54, 1.807) is 0 Å². The number of aromatic nitrogens is 2. The third kappa shape index (κ3) is 6.75. The van der Waals surface area contributed by atoms with Crippen LogP contribution in [0.1, 0.15) is 57.2 Å². The molecule has 42 heavy (non-hydrogen) atoms. The minimum atomic E-state index is -0.609. The first kappa shape index (κ1) is 32.6. The largest absolute Gasteiger partial charge is 0.269 e. The Morgan fingerprint density at radius 1 is 0.714 bits per heavy atom. The summed E-state index contributed by atoms with van der Waals surface area (Å²) in [5.41, 5.74) is 3.19. The molecular formula is C37H39FeN2PPd. The molecule has 0 aliphatic heterocycles. The fourth-order valence-electron chi connectivity index (χ4n) is 8.29. The summed E-state index contributed by atoms with van der Waals surface area (Å²) in [7, 11) is -0.609. The van der Waals surface area contributed by atoms with Crippen molar-refractivity contribution in [2.24, 2.45) is 17.8 Å². The monoisotopic (exact) mass is 704 g/mol. The zero-order valence-corrected chi connectivity index (χ0v) is 27.7. The quantitative estimate of drug-likeness (QED) is 0.189. The van der Waals surface area contributed by atoms with Crippen LogP contribution in [0.3, 0.4) is 0 Å². The van der Waals surface area contributed by atoms with Gasteiger partial charge in [-0.1, -0.05) is 60.7 Å². The molecule has 1 heterocycles. The molecular weight excluding hydrogens is 666 g/mol. The van der Waals surface area contributed by atoms with E-state index in [0.717, 1.165) is 17.8 Å². The van der Waals surface area contributed by atoms with Gasteiger partial charge in [-0.15, -0.1) is 0 Å². The van der Waals surface area contributed by atoms with Crippen molar-refractivity contribution in [2.75, 3.05) is 0 Å². The SMILES string of the molecule is C[C@H]([C]1[CH][CH][CH][C]1P(c1ccccc1)c1ccccc1)n1ccc(C23CC4CC(CC(C4)C2)C3)n1.[CH]1[CH][CH][CH][CH]1.[Fe].[Pd]. The minimum absolute atomic E-state index is 0. The van der Waals surface area contributed by atoms with Crippen molar-refractivity contribution in [2.45, 2.75) is 56.9 Å². The topological polar surface area (TPSA) is 17.8 Å². The summed E-state index contributed by atoms with van der Waals surface area (Å²) >= 11 is 0. The third-order valence-electron chi connectivity index (χ3n) is 9.69. The van der Waals surface area contributed by atoms with E-state index in [2.05, 4.69) is 104 Å². The van der Waals surface area contributed by atoms with Crippen LogP contribution >= 0.6 is 7.92 Å². The molecule has 2 nitrogen and oxygen atoms in total. The Morgan fingerprint density at radius 2 is 1.21 bits per heavy atom. The van der Waals surface area contributed by atoms with Crippen LogP contribution in [0, 0.1) is 80.7 Å². The molecule has 220 valence electrons. The van der Waals surface area contributed by atoms with E-state index in [-0.39, 0.29) is 43.5 Å². The molecule has 4 bridgehead atoms. The molecule has 0 amide bonds. The zero-order chi connectivity index (χ0) is 26.9. The van der Waals surface area contributed by atoms with Crippen LogP contribution < -0.4 is 10.6 Å². The van der Waals surface area contributed by atoms with Crippen LogP contribution in [-0.4, -0.2) is 9.78 Å². The number of benzene rings is 2. The van der Waals surface area contributed by atoms with Crippen molar-refractivity contribution in [1.82, 2.24) is 9.78 Å². The summed E-state index contributed by atoms with van der Waals surface area (Å²) in [5.74, 6) is 4.26. The molecule has 0 N–H and O–H groups in total. The van der Waals surface area contributed by atoms with Crippen molar-refractivity contribution in [3.8, 4) is 0 Å². The second-order valence-corrected chi connectivity index (χ2v) is 14.6. The van der Waals surface area contributed by atoms with E-state index in [0.29, 0.717) is 5.41 Å². The third-order valence-corrected chi connectivity index (χ3v) is 12.2. The van der Waals surface area contributed by atoms with Gasteiger partial charge in [-0.2, -0.15) is 5.10 Å². The Balaban J connectivity index is 0.000000459. The Morgan fingerprint density at radius 3 is 1.71 bits per heavy atom. The van der Waals surface area contributed by atoms with Gasteiger partial charge in [-0.05, 0) is 139 Å². The van der Waals surface area contributed by atoms with Crippen LogP contribution in [0.2, 0.25) is 0 Å². The second-order valence-electron chi connectivity index (χ2n) is 12.4. The molecule has 6 fully saturated rings. The maximum Gasteiger partial charge on any atom is 0.0686 e. The first-order valence-electron chi connectivity index (χ1n) is 15.1.